The molecular formula is C10H12O2. The van der Waals surface area contributed by atoms with Gasteiger partial charge in [-0.1, -0.05) is 30.3 Å². The van der Waals surface area contributed by atoms with E-state index in [1.165, 1.54) is 7.11 Å². The van der Waals surface area contributed by atoms with Gasteiger partial charge >= 0.3 is 0 Å². The van der Waals surface area contributed by atoms with Crippen molar-refractivity contribution < 1.29 is 9.84 Å². The Balaban J connectivity index is 3.00. The summed E-state index contributed by atoms with van der Waals surface area (Å²) < 4.78 is 4.90. The number of methoxy groups -OCH3 is 1. The summed E-state index contributed by atoms with van der Waals surface area (Å²) in [7, 11) is 1.54. The molecular weight excluding hydrogens is 152 g/mol. The third-order valence-electron chi connectivity index (χ3n) is 1.69. The van der Waals surface area contributed by atoms with Gasteiger partial charge in [-0.15, -0.1) is 0 Å². The van der Waals surface area contributed by atoms with Gasteiger partial charge in [0.1, 0.15) is 5.76 Å². The number of ether oxygens (including phenoxy) is 1. The predicted molar refractivity (Wildman–Crippen MR) is 48.7 cm³/mol. The summed E-state index contributed by atoms with van der Waals surface area (Å²) in [5.41, 5.74) is 0.775. The van der Waals surface area contributed by atoms with Crippen molar-refractivity contribution in [2.24, 2.45) is 0 Å². The molecule has 64 valence electrons. The van der Waals surface area contributed by atoms with Crippen LogP contribution in [0.3, 0.4) is 0 Å². The fourth-order valence-electron chi connectivity index (χ4n) is 0.896. The maximum Gasteiger partial charge on any atom is 0.160 e. The van der Waals surface area contributed by atoms with Crippen molar-refractivity contribution in [1.29, 1.82) is 0 Å². The smallest absolute Gasteiger partial charge is 0.160 e. The summed E-state index contributed by atoms with van der Waals surface area (Å²) >= 11 is 0. The highest BCUT2D eigenvalue weighted by atomic mass is 16.5. The summed E-state index contributed by atoms with van der Waals surface area (Å²) in [5.74, 6) is 0.722. The maximum atomic E-state index is 9.54. The van der Waals surface area contributed by atoms with Crippen LogP contribution in [0, 0.1) is 0 Å². The Hall–Kier alpha value is -1.44. The predicted octanol–water partition coefficient (Wildman–Crippen LogP) is 2.58. The van der Waals surface area contributed by atoms with Crippen molar-refractivity contribution in [2.75, 3.05) is 7.11 Å². The Morgan fingerprint density at radius 1 is 1.25 bits per heavy atom. The molecule has 1 N–H and O–H groups in total. The minimum atomic E-state index is 0.193. The van der Waals surface area contributed by atoms with Crippen LogP contribution in [-0.4, -0.2) is 12.2 Å². The quantitative estimate of drug-likeness (QED) is 0.681. The average Bonchev–Trinajstić information content (AvgIpc) is 2.17. The highest BCUT2D eigenvalue weighted by Crippen LogP contribution is 2.14. The number of hydrogen-bond acceptors (Lipinski definition) is 2. The number of allylic oxidation sites excluding steroid dienone is 1. The molecule has 0 saturated heterocycles. The first-order valence-electron chi connectivity index (χ1n) is 3.75. The lowest BCUT2D eigenvalue weighted by Crippen LogP contribution is -1.89. The van der Waals surface area contributed by atoms with Crippen molar-refractivity contribution in [3.8, 4) is 0 Å². The van der Waals surface area contributed by atoms with E-state index in [2.05, 4.69) is 0 Å². The Morgan fingerprint density at radius 3 is 2.33 bits per heavy atom. The molecule has 0 aliphatic heterocycles. The number of benzene rings is 1. The number of rotatable bonds is 2. The van der Waals surface area contributed by atoms with Gasteiger partial charge in [-0.25, -0.2) is 0 Å². The summed E-state index contributed by atoms with van der Waals surface area (Å²) in [5, 5.41) is 9.54. The van der Waals surface area contributed by atoms with Crippen molar-refractivity contribution in [3.05, 3.63) is 41.7 Å². The molecule has 0 bridgehead atoms. The van der Waals surface area contributed by atoms with Crippen LogP contribution in [0.25, 0.3) is 5.76 Å². The van der Waals surface area contributed by atoms with Gasteiger partial charge in [-0.2, -0.15) is 0 Å². The third-order valence-corrected chi connectivity index (χ3v) is 1.69. The molecule has 0 amide bonds. The fourth-order valence-corrected chi connectivity index (χ4v) is 0.896. The van der Waals surface area contributed by atoms with Crippen LogP contribution in [0.5, 0.6) is 0 Å². The van der Waals surface area contributed by atoms with Crippen LogP contribution in [-0.2, 0) is 4.74 Å². The van der Waals surface area contributed by atoms with E-state index in [1.807, 2.05) is 30.3 Å². The molecule has 1 rings (SSSR count). The summed E-state index contributed by atoms with van der Waals surface area (Å²) in [6, 6.07) is 9.30. The van der Waals surface area contributed by atoms with Gasteiger partial charge in [0.15, 0.2) is 5.76 Å². The third kappa shape index (κ3) is 1.78. The van der Waals surface area contributed by atoms with Crippen molar-refractivity contribution >= 4 is 5.76 Å². The average molecular weight is 164 g/mol. The minimum absolute atomic E-state index is 0.193. The lowest BCUT2D eigenvalue weighted by Gasteiger charge is -2.04. The molecule has 0 aliphatic rings. The van der Waals surface area contributed by atoms with E-state index in [1.54, 1.807) is 6.92 Å². The highest BCUT2D eigenvalue weighted by Gasteiger charge is 2.01. The van der Waals surface area contributed by atoms with Crippen LogP contribution < -0.4 is 0 Å². The molecule has 12 heavy (non-hydrogen) atoms. The second-order valence-corrected chi connectivity index (χ2v) is 2.47. The topological polar surface area (TPSA) is 29.5 Å². The van der Waals surface area contributed by atoms with Crippen molar-refractivity contribution in [3.63, 3.8) is 0 Å². The molecule has 1 aromatic rings. The van der Waals surface area contributed by atoms with Gasteiger partial charge in [-0.3, -0.25) is 0 Å². The molecule has 0 spiro atoms. The summed E-state index contributed by atoms with van der Waals surface area (Å²) in [6.45, 7) is 1.72. The zero-order valence-electron chi connectivity index (χ0n) is 7.24. The van der Waals surface area contributed by atoms with Crippen LogP contribution in [0.2, 0.25) is 0 Å². The molecule has 2 heteroatoms. The SMILES string of the molecule is CO/C(C)=C(\O)c1ccccc1. The highest BCUT2D eigenvalue weighted by molar-refractivity contribution is 5.59. The molecule has 0 atom stereocenters. The van der Waals surface area contributed by atoms with Crippen LogP contribution in [0.1, 0.15) is 12.5 Å². The van der Waals surface area contributed by atoms with E-state index in [9.17, 15) is 5.11 Å². The van der Waals surface area contributed by atoms with Crippen LogP contribution >= 0.6 is 0 Å². The standard InChI is InChI=1S/C10H12O2/c1-8(12-2)10(11)9-6-4-3-5-7-9/h3-7,11H,1-2H3/b10-8-. The van der Waals surface area contributed by atoms with Crippen molar-refractivity contribution in [1.82, 2.24) is 0 Å². The second-order valence-electron chi connectivity index (χ2n) is 2.47. The van der Waals surface area contributed by atoms with E-state index in [0.29, 0.717) is 5.76 Å². The molecule has 0 aromatic heterocycles. The molecule has 0 fully saturated rings. The van der Waals surface area contributed by atoms with Crippen LogP contribution in [0.15, 0.2) is 36.1 Å². The molecule has 0 heterocycles. The number of hydrogen-bond donors (Lipinski definition) is 1. The Morgan fingerprint density at radius 2 is 1.83 bits per heavy atom. The first-order chi connectivity index (χ1) is 5.75. The van der Waals surface area contributed by atoms with E-state index in [-0.39, 0.29) is 5.76 Å². The van der Waals surface area contributed by atoms with Gasteiger partial charge in [0.05, 0.1) is 7.11 Å². The largest absolute Gasteiger partial charge is 0.504 e. The summed E-state index contributed by atoms with van der Waals surface area (Å²) in [4.78, 5) is 0. The maximum absolute atomic E-state index is 9.54. The Labute approximate surface area is 72.1 Å². The zero-order valence-corrected chi connectivity index (χ0v) is 7.24. The van der Waals surface area contributed by atoms with Gasteiger partial charge in [0.25, 0.3) is 0 Å². The van der Waals surface area contributed by atoms with Crippen molar-refractivity contribution in [2.45, 2.75) is 6.92 Å². The van der Waals surface area contributed by atoms with E-state index in [0.717, 1.165) is 5.56 Å². The number of aliphatic hydroxyl groups excluding tert-OH is 1. The second kappa shape index (κ2) is 3.81. The first kappa shape index (κ1) is 8.65. The minimum Gasteiger partial charge on any atom is -0.504 e. The van der Waals surface area contributed by atoms with Crippen LogP contribution in [0.4, 0.5) is 0 Å². The normalized spacial score (nSPS) is 12.2. The lowest BCUT2D eigenvalue weighted by molar-refractivity contribution is 0.282. The molecule has 0 radical (unpaired) electrons. The van der Waals surface area contributed by atoms with Gasteiger partial charge < -0.3 is 9.84 Å². The first-order valence-corrected chi connectivity index (χ1v) is 3.75. The fraction of sp³-hybridized carbons (Fsp3) is 0.200. The van der Waals surface area contributed by atoms with Gasteiger partial charge in [0.2, 0.25) is 0 Å². The van der Waals surface area contributed by atoms with E-state index in [4.69, 9.17) is 4.74 Å². The Kier molecular flexibility index (Phi) is 2.75. The lowest BCUT2D eigenvalue weighted by atomic mass is 10.2. The zero-order chi connectivity index (χ0) is 8.97. The van der Waals surface area contributed by atoms with Gasteiger partial charge in [0, 0.05) is 5.56 Å². The van der Waals surface area contributed by atoms with E-state index < -0.39 is 0 Å². The molecule has 0 saturated carbocycles. The van der Waals surface area contributed by atoms with Gasteiger partial charge in [-0.05, 0) is 6.92 Å². The summed E-state index contributed by atoms with van der Waals surface area (Å²) in [6.07, 6.45) is 0. The monoisotopic (exact) mass is 164 g/mol. The molecule has 0 unspecified atom stereocenters. The van der Waals surface area contributed by atoms with E-state index >= 15 is 0 Å². The number of aliphatic hydroxyl groups is 1. The Bertz CT molecular complexity index is 275. The molecule has 1 aromatic carbocycles. The molecule has 0 aliphatic carbocycles. The molecule has 2 nitrogen and oxygen atoms in total.